The summed E-state index contributed by atoms with van der Waals surface area (Å²) in [5, 5.41) is 0. The molecule has 160 valence electrons. The van der Waals surface area contributed by atoms with Gasteiger partial charge in [-0.3, -0.25) is 19.1 Å². The van der Waals surface area contributed by atoms with E-state index in [9.17, 15) is 19.2 Å². The van der Waals surface area contributed by atoms with Gasteiger partial charge in [-0.15, -0.1) is 0 Å². The number of carbonyl (C=O) groups is 2. The quantitative estimate of drug-likeness (QED) is 0.660. The highest BCUT2D eigenvalue weighted by atomic mass is 16.5. The maximum Gasteiger partial charge on any atom is 0.339 e. The summed E-state index contributed by atoms with van der Waals surface area (Å²) in [6.07, 6.45) is 1.12. The van der Waals surface area contributed by atoms with Crippen LogP contribution in [0.2, 0.25) is 0 Å². The van der Waals surface area contributed by atoms with Crippen molar-refractivity contribution in [3.05, 3.63) is 56.2 Å². The minimum atomic E-state index is -1.07. The number of ether oxygens (including phenoxy) is 1. The van der Waals surface area contributed by atoms with E-state index in [1.165, 1.54) is 9.47 Å². The number of aromatic nitrogens is 2. The van der Waals surface area contributed by atoms with Gasteiger partial charge in [0.05, 0.1) is 5.56 Å². The van der Waals surface area contributed by atoms with Gasteiger partial charge in [-0.05, 0) is 24.5 Å². The minimum Gasteiger partial charge on any atom is -0.448 e. The Kier molecular flexibility index (Phi) is 6.39. The van der Waals surface area contributed by atoms with Gasteiger partial charge in [-0.25, -0.2) is 9.59 Å². The summed E-state index contributed by atoms with van der Waals surface area (Å²) in [7, 11) is 0. The average Bonchev–Trinajstić information content (AvgIpc) is 2.72. The first-order valence-corrected chi connectivity index (χ1v) is 10.1. The molecule has 1 atom stereocenters. The Labute approximate surface area is 173 Å². The molecule has 1 aliphatic rings. The maximum atomic E-state index is 13.4. The third-order valence-corrected chi connectivity index (χ3v) is 5.10. The number of unbranched alkanes of at least 4 members (excludes halogenated alkanes) is 1. The fraction of sp³-hybridized carbons (Fsp3) is 0.429. The molecule has 0 unspecified atom stereocenters. The predicted molar refractivity (Wildman–Crippen MR) is 113 cm³/mol. The zero-order valence-corrected chi connectivity index (χ0v) is 17.1. The van der Waals surface area contributed by atoms with E-state index in [1.54, 1.807) is 24.3 Å². The molecule has 1 aliphatic heterocycles. The lowest BCUT2D eigenvalue weighted by Crippen LogP contribution is -2.48. The molecule has 9 heteroatoms. The van der Waals surface area contributed by atoms with Crippen molar-refractivity contribution in [2.24, 2.45) is 0 Å². The summed E-state index contributed by atoms with van der Waals surface area (Å²) in [6, 6.07) is 6.94. The molecule has 1 aromatic carbocycles. The number of hydrogen-bond donors (Lipinski definition) is 2. The van der Waals surface area contributed by atoms with E-state index < -0.39 is 29.2 Å². The molecule has 0 saturated carbocycles. The summed E-state index contributed by atoms with van der Waals surface area (Å²) in [4.78, 5) is 54.0. The van der Waals surface area contributed by atoms with E-state index in [0.717, 1.165) is 6.42 Å². The third-order valence-electron chi connectivity index (χ3n) is 5.10. The van der Waals surface area contributed by atoms with Gasteiger partial charge in [0, 0.05) is 19.5 Å². The molecular weight excluding hydrogens is 388 g/mol. The lowest BCUT2D eigenvalue weighted by Gasteiger charge is -2.30. The lowest BCUT2D eigenvalue weighted by molar-refractivity contribution is -0.127. The van der Waals surface area contributed by atoms with Gasteiger partial charge < -0.3 is 15.4 Å². The molecular formula is C21H26N4O5. The highest BCUT2D eigenvalue weighted by molar-refractivity contribution is 6.02. The fourth-order valence-corrected chi connectivity index (χ4v) is 3.58. The van der Waals surface area contributed by atoms with Crippen LogP contribution in [0.3, 0.4) is 0 Å². The maximum absolute atomic E-state index is 13.4. The Morgan fingerprint density at radius 3 is 2.67 bits per heavy atom. The molecule has 1 aromatic heterocycles. The van der Waals surface area contributed by atoms with Gasteiger partial charge in [-0.2, -0.15) is 0 Å². The monoisotopic (exact) mass is 414 g/mol. The van der Waals surface area contributed by atoms with E-state index in [1.807, 2.05) is 13.8 Å². The molecule has 2 heterocycles. The Bertz CT molecular complexity index is 1070. The summed E-state index contributed by atoms with van der Waals surface area (Å²) >= 11 is 0. The Morgan fingerprint density at radius 2 is 1.97 bits per heavy atom. The van der Waals surface area contributed by atoms with Crippen molar-refractivity contribution in [1.29, 1.82) is 0 Å². The smallest absolute Gasteiger partial charge is 0.339 e. The van der Waals surface area contributed by atoms with Crippen molar-refractivity contribution in [1.82, 2.24) is 9.55 Å². The number of nitrogens with zero attached hydrogens (tertiary/aromatic N) is 2. The third kappa shape index (κ3) is 4.00. The number of aromatic amines is 1. The van der Waals surface area contributed by atoms with Crippen LogP contribution in [0.15, 0.2) is 33.9 Å². The van der Waals surface area contributed by atoms with Gasteiger partial charge in [-0.1, -0.05) is 38.5 Å². The highest BCUT2D eigenvalue weighted by Crippen LogP contribution is 2.25. The van der Waals surface area contributed by atoms with Crippen LogP contribution in [-0.4, -0.2) is 34.1 Å². The molecule has 0 radical (unpaired) electrons. The molecule has 3 rings (SSSR count). The topological polar surface area (TPSA) is 127 Å². The van der Waals surface area contributed by atoms with Crippen LogP contribution in [0, 0.1) is 0 Å². The van der Waals surface area contributed by atoms with Crippen molar-refractivity contribution >= 4 is 23.4 Å². The number of nitrogen functional groups attached to an aromatic ring is 1. The highest BCUT2D eigenvalue weighted by Gasteiger charge is 2.36. The molecule has 3 N–H and O–H groups in total. The molecule has 0 saturated heterocycles. The van der Waals surface area contributed by atoms with Gasteiger partial charge in [0.2, 0.25) is 0 Å². The van der Waals surface area contributed by atoms with Crippen LogP contribution < -0.4 is 21.9 Å². The SMILES string of the molecule is CCCCN(C(=O)[C@@H]1Cc2ccccc2C(=O)O1)c1c(N)n(CCC)c(=O)[nH]c1=O. The van der Waals surface area contributed by atoms with Crippen molar-refractivity contribution in [3.63, 3.8) is 0 Å². The summed E-state index contributed by atoms with van der Waals surface area (Å²) in [6.45, 7) is 4.33. The number of fused-ring (bicyclic) bond motifs is 1. The number of H-pyrrole nitrogens is 1. The number of rotatable bonds is 7. The van der Waals surface area contributed by atoms with Crippen molar-refractivity contribution in [3.8, 4) is 0 Å². The molecule has 30 heavy (non-hydrogen) atoms. The number of benzene rings is 1. The van der Waals surface area contributed by atoms with Crippen molar-refractivity contribution in [2.75, 3.05) is 17.2 Å². The second-order valence-corrected chi connectivity index (χ2v) is 7.24. The zero-order chi connectivity index (χ0) is 21.8. The first-order chi connectivity index (χ1) is 14.4. The zero-order valence-electron chi connectivity index (χ0n) is 17.1. The summed E-state index contributed by atoms with van der Waals surface area (Å²) in [5.41, 5.74) is 5.84. The number of esters is 1. The normalized spacial score (nSPS) is 15.4. The summed E-state index contributed by atoms with van der Waals surface area (Å²) < 4.78 is 6.63. The molecule has 0 fully saturated rings. The molecule has 9 nitrogen and oxygen atoms in total. The van der Waals surface area contributed by atoms with Gasteiger partial charge >= 0.3 is 11.7 Å². The van der Waals surface area contributed by atoms with Gasteiger partial charge in [0.25, 0.3) is 11.5 Å². The van der Waals surface area contributed by atoms with Crippen molar-refractivity contribution < 1.29 is 14.3 Å². The number of nitrogens with one attached hydrogen (secondary N) is 1. The second-order valence-electron chi connectivity index (χ2n) is 7.24. The number of hydrogen-bond acceptors (Lipinski definition) is 6. The average molecular weight is 414 g/mol. The largest absolute Gasteiger partial charge is 0.448 e. The number of amides is 1. The number of nitrogens with two attached hydrogens (primary N) is 1. The fourth-order valence-electron chi connectivity index (χ4n) is 3.58. The lowest BCUT2D eigenvalue weighted by atomic mass is 9.98. The van der Waals surface area contributed by atoms with Crippen molar-refractivity contribution in [2.45, 2.75) is 52.2 Å². The van der Waals surface area contributed by atoms with Crippen LogP contribution >= 0.6 is 0 Å². The van der Waals surface area contributed by atoms with E-state index in [2.05, 4.69) is 4.98 Å². The number of carbonyl (C=O) groups excluding carboxylic acids is 2. The minimum absolute atomic E-state index is 0.0717. The van der Waals surface area contributed by atoms with Crippen LogP contribution in [0.1, 0.15) is 49.0 Å². The summed E-state index contributed by atoms with van der Waals surface area (Å²) in [5.74, 6) is -1.19. The molecule has 1 amide bonds. The molecule has 0 bridgehead atoms. The predicted octanol–water partition coefficient (Wildman–Crippen LogP) is 1.44. The van der Waals surface area contributed by atoms with Crippen LogP contribution in [0.5, 0.6) is 0 Å². The van der Waals surface area contributed by atoms with Crippen LogP contribution in [0.4, 0.5) is 11.5 Å². The molecule has 2 aromatic rings. The Hall–Kier alpha value is -3.36. The van der Waals surface area contributed by atoms with E-state index in [4.69, 9.17) is 10.5 Å². The Balaban J connectivity index is 2.03. The van der Waals surface area contributed by atoms with Gasteiger partial charge in [0.1, 0.15) is 5.82 Å². The molecule has 0 spiro atoms. The first kappa shape index (κ1) is 21.4. The second kappa shape index (κ2) is 8.98. The standard InChI is InChI=1S/C21H26N4O5/c1-3-5-11-24(16-17(22)25(10-4-2)21(29)23-18(16)26)19(27)15-12-13-8-6-7-9-14(13)20(28)30-15/h6-9,15H,3-5,10-12,22H2,1-2H3,(H,23,26,29)/t15-/m0/s1. The Morgan fingerprint density at radius 1 is 1.23 bits per heavy atom. The van der Waals surface area contributed by atoms with Crippen LogP contribution in [-0.2, 0) is 22.5 Å². The van der Waals surface area contributed by atoms with Gasteiger partial charge in [0.15, 0.2) is 11.8 Å². The van der Waals surface area contributed by atoms with E-state index >= 15 is 0 Å². The van der Waals surface area contributed by atoms with E-state index in [0.29, 0.717) is 30.5 Å². The van der Waals surface area contributed by atoms with Crippen LogP contribution in [0.25, 0.3) is 0 Å². The van der Waals surface area contributed by atoms with E-state index in [-0.39, 0.29) is 24.5 Å². The number of anilines is 2. The molecule has 0 aliphatic carbocycles. The first-order valence-electron chi connectivity index (χ1n) is 10.1. The number of cyclic esters (lactones) is 1.